The molecule has 3 N–H and O–H groups in total. The molecule has 0 bridgehead atoms. The summed E-state index contributed by atoms with van der Waals surface area (Å²) >= 11 is 0. The van der Waals surface area contributed by atoms with Gasteiger partial charge in [-0.15, -0.1) is 0 Å². The van der Waals surface area contributed by atoms with Crippen molar-refractivity contribution in [2.24, 2.45) is 0 Å². The molecule has 1 aliphatic rings. The molecule has 0 unspecified atom stereocenters. The van der Waals surface area contributed by atoms with Gasteiger partial charge in [-0.25, -0.2) is 4.79 Å². The van der Waals surface area contributed by atoms with Gasteiger partial charge in [0.25, 0.3) is 0 Å². The molecule has 1 aliphatic heterocycles. The summed E-state index contributed by atoms with van der Waals surface area (Å²) in [5.41, 5.74) is 13.2. The van der Waals surface area contributed by atoms with Crippen LogP contribution in [0.4, 0.5) is 17.1 Å². The molecule has 0 fully saturated rings. The molecule has 4 rings (SSSR count). The van der Waals surface area contributed by atoms with Gasteiger partial charge in [0.05, 0.1) is 12.7 Å². The maximum absolute atomic E-state index is 12.1. The minimum Gasteiger partial charge on any atom is -0.465 e. The van der Waals surface area contributed by atoms with Crippen molar-refractivity contribution in [1.29, 1.82) is 0 Å². The average molecular weight is 358 g/mol. The van der Waals surface area contributed by atoms with E-state index in [-0.39, 0.29) is 5.41 Å². The van der Waals surface area contributed by atoms with Crippen LogP contribution in [0.25, 0.3) is 11.1 Å². The Hall–Kier alpha value is -3.27. The number of fused-ring (bicyclic) bond motifs is 2. The summed E-state index contributed by atoms with van der Waals surface area (Å²) in [6.45, 7) is 4.46. The third-order valence-electron chi connectivity index (χ3n) is 5.33. The van der Waals surface area contributed by atoms with Crippen molar-refractivity contribution < 1.29 is 9.53 Å². The highest BCUT2D eigenvalue weighted by atomic mass is 16.5. The highest BCUT2D eigenvalue weighted by molar-refractivity contribution is 5.97. The smallest absolute Gasteiger partial charge is 0.339 e. The summed E-state index contributed by atoms with van der Waals surface area (Å²) in [6, 6.07) is 20.1. The number of benzene rings is 3. The Morgan fingerprint density at radius 2 is 1.74 bits per heavy atom. The number of para-hydroxylation sites is 1. The van der Waals surface area contributed by atoms with Crippen molar-refractivity contribution in [3.63, 3.8) is 0 Å². The molecule has 1 heterocycles. The maximum atomic E-state index is 12.1. The predicted octanol–water partition coefficient (Wildman–Crippen LogP) is 5.11. The van der Waals surface area contributed by atoms with E-state index < -0.39 is 5.97 Å². The van der Waals surface area contributed by atoms with Crippen LogP contribution in [0.3, 0.4) is 0 Å². The van der Waals surface area contributed by atoms with Crippen molar-refractivity contribution in [1.82, 2.24) is 0 Å². The summed E-state index contributed by atoms with van der Waals surface area (Å²) < 4.78 is 4.88. The SMILES string of the molecule is COC(=O)c1cc(-c2cccc3c2C(C)(C)c2ccccc2N3)ccc1N. The van der Waals surface area contributed by atoms with Crippen LogP contribution in [0.1, 0.15) is 35.3 Å². The van der Waals surface area contributed by atoms with Gasteiger partial charge in [-0.05, 0) is 46.5 Å². The fraction of sp³-hybridized carbons (Fsp3) is 0.174. The number of esters is 1. The van der Waals surface area contributed by atoms with Crippen LogP contribution < -0.4 is 11.1 Å². The van der Waals surface area contributed by atoms with Crippen LogP contribution >= 0.6 is 0 Å². The number of nitrogens with one attached hydrogen (secondary N) is 1. The summed E-state index contributed by atoms with van der Waals surface area (Å²) in [7, 11) is 1.36. The molecule has 0 aliphatic carbocycles. The van der Waals surface area contributed by atoms with E-state index in [9.17, 15) is 4.79 Å². The van der Waals surface area contributed by atoms with Crippen LogP contribution in [0.5, 0.6) is 0 Å². The zero-order valence-electron chi connectivity index (χ0n) is 15.7. The van der Waals surface area contributed by atoms with Crippen LogP contribution in [0.2, 0.25) is 0 Å². The third kappa shape index (κ3) is 2.65. The normalized spacial score (nSPS) is 13.9. The molecule has 0 radical (unpaired) electrons. The Bertz CT molecular complexity index is 1050. The molecule has 0 aromatic heterocycles. The van der Waals surface area contributed by atoms with Gasteiger partial charge in [0.2, 0.25) is 0 Å². The second-order valence-corrected chi connectivity index (χ2v) is 7.32. The molecular formula is C23H22N2O2. The lowest BCUT2D eigenvalue weighted by Gasteiger charge is -2.37. The number of nitrogens with two attached hydrogens (primary N) is 1. The van der Waals surface area contributed by atoms with Crippen molar-refractivity contribution in [3.05, 3.63) is 77.4 Å². The quantitative estimate of drug-likeness (QED) is 0.494. The zero-order chi connectivity index (χ0) is 19.2. The first kappa shape index (κ1) is 17.2. The van der Waals surface area contributed by atoms with E-state index in [1.54, 1.807) is 6.07 Å². The van der Waals surface area contributed by atoms with Gasteiger partial charge >= 0.3 is 5.97 Å². The maximum Gasteiger partial charge on any atom is 0.339 e. The van der Waals surface area contributed by atoms with Crippen molar-refractivity contribution in [2.75, 3.05) is 18.2 Å². The minimum atomic E-state index is -0.429. The molecule has 136 valence electrons. The third-order valence-corrected chi connectivity index (χ3v) is 5.33. The minimum absolute atomic E-state index is 0.194. The van der Waals surface area contributed by atoms with Crippen LogP contribution in [0.15, 0.2) is 60.7 Å². The Morgan fingerprint density at radius 1 is 1.00 bits per heavy atom. The highest BCUT2D eigenvalue weighted by Crippen LogP contribution is 2.49. The number of carbonyl (C=O) groups is 1. The van der Waals surface area contributed by atoms with Crippen LogP contribution in [-0.2, 0) is 10.2 Å². The lowest BCUT2D eigenvalue weighted by atomic mass is 9.71. The van der Waals surface area contributed by atoms with Gasteiger partial charge in [-0.1, -0.05) is 50.2 Å². The monoisotopic (exact) mass is 358 g/mol. The van der Waals surface area contributed by atoms with E-state index in [4.69, 9.17) is 10.5 Å². The lowest BCUT2D eigenvalue weighted by molar-refractivity contribution is 0.0602. The molecule has 4 heteroatoms. The first-order valence-corrected chi connectivity index (χ1v) is 8.91. The Kier molecular flexibility index (Phi) is 3.92. The number of ether oxygens (including phenoxy) is 1. The van der Waals surface area contributed by atoms with E-state index in [1.165, 1.54) is 18.2 Å². The molecule has 3 aromatic carbocycles. The Balaban J connectivity index is 1.93. The standard InChI is InChI=1S/C23H22N2O2/c1-23(2)17-8-4-5-9-19(17)25-20-10-6-7-15(21(20)23)14-11-12-18(24)16(13-14)22(26)27-3/h4-13,25H,24H2,1-3H3. The Labute approximate surface area is 159 Å². The van der Waals surface area contributed by atoms with Gasteiger partial charge in [0.15, 0.2) is 0 Å². The first-order chi connectivity index (χ1) is 12.9. The highest BCUT2D eigenvalue weighted by Gasteiger charge is 2.34. The van der Waals surface area contributed by atoms with Gasteiger partial charge in [0, 0.05) is 22.5 Å². The van der Waals surface area contributed by atoms with E-state index >= 15 is 0 Å². The summed E-state index contributed by atoms with van der Waals surface area (Å²) in [5, 5.41) is 3.55. The summed E-state index contributed by atoms with van der Waals surface area (Å²) in [4.78, 5) is 12.1. The number of hydrogen-bond acceptors (Lipinski definition) is 4. The predicted molar refractivity (Wildman–Crippen MR) is 109 cm³/mol. The second kappa shape index (κ2) is 6.16. The lowest BCUT2D eigenvalue weighted by Crippen LogP contribution is -2.26. The number of carbonyl (C=O) groups excluding carboxylic acids is 1. The van der Waals surface area contributed by atoms with Crippen LogP contribution in [0, 0.1) is 0 Å². The largest absolute Gasteiger partial charge is 0.465 e. The van der Waals surface area contributed by atoms with E-state index in [1.807, 2.05) is 24.3 Å². The molecule has 4 nitrogen and oxygen atoms in total. The molecule has 0 spiro atoms. The van der Waals surface area contributed by atoms with Gasteiger partial charge in [-0.2, -0.15) is 0 Å². The van der Waals surface area contributed by atoms with E-state index in [0.29, 0.717) is 11.3 Å². The number of methoxy groups -OCH3 is 1. The number of nitrogen functional groups attached to an aromatic ring is 1. The summed E-state index contributed by atoms with van der Waals surface area (Å²) in [5.74, 6) is -0.429. The van der Waals surface area contributed by atoms with E-state index in [2.05, 4.69) is 49.5 Å². The molecular weight excluding hydrogens is 336 g/mol. The molecule has 0 amide bonds. The number of hydrogen-bond donors (Lipinski definition) is 2. The van der Waals surface area contributed by atoms with Crippen LogP contribution in [-0.4, -0.2) is 13.1 Å². The van der Waals surface area contributed by atoms with E-state index in [0.717, 1.165) is 22.5 Å². The second-order valence-electron chi connectivity index (χ2n) is 7.32. The molecule has 0 saturated carbocycles. The molecule has 3 aromatic rings. The first-order valence-electron chi connectivity index (χ1n) is 8.91. The molecule has 0 saturated heterocycles. The molecule has 27 heavy (non-hydrogen) atoms. The summed E-state index contributed by atoms with van der Waals surface area (Å²) in [6.07, 6.45) is 0. The van der Waals surface area contributed by atoms with Crippen molar-refractivity contribution in [3.8, 4) is 11.1 Å². The Morgan fingerprint density at radius 3 is 2.52 bits per heavy atom. The number of anilines is 3. The fourth-order valence-electron chi connectivity index (χ4n) is 4.00. The van der Waals surface area contributed by atoms with Gasteiger partial charge in [-0.3, -0.25) is 0 Å². The van der Waals surface area contributed by atoms with Gasteiger partial charge in [0.1, 0.15) is 0 Å². The van der Waals surface area contributed by atoms with Crippen molar-refractivity contribution >= 4 is 23.0 Å². The average Bonchev–Trinajstić information content (AvgIpc) is 2.67. The fourth-order valence-corrected chi connectivity index (χ4v) is 4.00. The van der Waals surface area contributed by atoms with Crippen molar-refractivity contribution in [2.45, 2.75) is 19.3 Å². The van der Waals surface area contributed by atoms with Gasteiger partial charge < -0.3 is 15.8 Å². The molecule has 0 atom stereocenters. The number of rotatable bonds is 2. The topological polar surface area (TPSA) is 64.3 Å². The zero-order valence-corrected chi connectivity index (χ0v) is 15.7.